The third-order valence-electron chi connectivity index (χ3n) is 3.45. The van der Waals surface area contributed by atoms with Gasteiger partial charge in [0.1, 0.15) is 5.82 Å². The molecule has 1 rings (SSSR count). The standard InChI is InChI=1S/C16H27FN2/c1-5-10-19(4)11-9-16(18-6-2)14-8-7-13(3)15(17)12-14/h7-8,12,16,18H,5-6,9-11H2,1-4H3. The molecule has 1 aromatic rings. The van der Waals surface area contributed by atoms with E-state index in [9.17, 15) is 4.39 Å². The Kier molecular flexibility index (Phi) is 7.03. The maximum absolute atomic E-state index is 13.7. The Morgan fingerprint density at radius 2 is 2.00 bits per heavy atom. The van der Waals surface area contributed by atoms with Crippen LogP contribution in [0.1, 0.15) is 43.9 Å². The van der Waals surface area contributed by atoms with Gasteiger partial charge >= 0.3 is 0 Å². The summed E-state index contributed by atoms with van der Waals surface area (Å²) in [6, 6.07) is 5.80. The van der Waals surface area contributed by atoms with E-state index < -0.39 is 0 Å². The zero-order chi connectivity index (χ0) is 14.3. The second kappa shape index (κ2) is 8.28. The number of hydrogen-bond donors (Lipinski definition) is 1. The predicted molar refractivity (Wildman–Crippen MR) is 80.0 cm³/mol. The highest BCUT2D eigenvalue weighted by Gasteiger charge is 2.12. The summed E-state index contributed by atoms with van der Waals surface area (Å²) in [7, 11) is 2.14. The highest BCUT2D eigenvalue weighted by molar-refractivity contribution is 5.25. The lowest BCUT2D eigenvalue weighted by Crippen LogP contribution is -2.27. The molecule has 0 radical (unpaired) electrons. The minimum absolute atomic E-state index is 0.109. The van der Waals surface area contributed by atoms with Gasteiger partial charge in [0.2, 0.25) is 0 Å². The van der Waals surface area contributed by atoms with E-state index in [2.05, 4.69) is 31.1 Å². The number of hydrogen-bond acceptors (Lipinski definition) is 2. The molecule has 0 bridgehead atoms. The van der Waals surface area contributed by atoms with Gasteiger partial charge in [-0.25, -0.2) is 4.39 Å². The van der Waals surface area contributed by atoms with Crippen molar-refractivity contribution in [2.45, 2.75) is 39.7 Å². The molecule has 0 amide bonds. The molecule has 0 aliphatic rings. The summed E-state index contributed by atoms with van der Waals surface area (Å²) in [4.78, 5) is 2.33. The van der Waals surface area contributed by atoms with Crippen molar-refractivity contribution in [3.05, 3.63) is 35.1 Å². The normalized spacial score (nSPS) is 12.9. The van der Waals surface area contributed by atoms with E-state index in [4.69, 9.17) is 0 Å². The lowest BCUT2D eigenvalue weighted by atomic mass is 10.0. The molecule has 1 aromatic carbocycles. The predicted octanol–water partition coefficient (Wildman–Crippen LogP) is 3.52. The fraction of sp³-hybridized carbons (Fsp3) is 0.625. The largest absolute Gasteiger partial charge is 0.310 e. The van der Waals surface area contributed by atoms with Crippen LogP contribution >= 0.6 is 0 Å². The lowest BCUT2D eigenvalue weighted by Gasteiger charge is -2.22. The van der Waals surface area contributed by atoms with Gasteiger partial charge in [0.05, 0.1) is 0 Å². The van der Waals surface area contributed by atoms with Crippen LogP contribution in [0.25, 0.3) is 0 Å². The van der Waals surface area contributed by atoms with E-state index in [1.807, 2.05) is 12.1 Å². The van der Waals surface area contributed by atoms with Crippen LogP contribution in [0, 0.1) is 12.7 Å². The molecular formula is C16H27FN2. The molecule has 0 saturated heterocycles. The summed E-state index contributed by atoms with van der Waals surface area (Å²) < 4.78 is 13.7. The van der Waals surface area contributed by atoms with Crippen LogP contribution in [0.5, 0.6) is 0 Å². The minimum atomic E-state index is -0.109. The van der Waals surface area contributed by atoms with E-state index in [-0.39, 0.29) is 11.9 Å². The first kappa shape index (κ1) is 16.1. The van der Waals surface area contributed by atoms with Gasteiger partial charge in [0, 0.05) is 6.04 Å². The van der Waals surface area contributed by atoms with Crippen molar-refractivity contribution in [3.8, 4) is 0 Å². The zero-order valence-corrected chi connectivity index (χ0v) is 12.7. The fourth-order valence-electron chi connectivity index (χ4n) is 2.30. The van der Waals surface area contributed by atoms with Crippen molar-refractivity contribution in [2.75, 3.05) is 26.7 Å². The second-order valence-electron chi connectivity index (χ2n) is 5.21. The van der Waals surface area contributed by atoms with Crippen LogP contribution in [0.3, 0.4) is 0 Å². The first-order chi connectivity index (χ1) is 9.08. The van der Waals surface area contributed by atoms with E-state index in [1.54, 1.807) is 13.0 Å². The number of benzene rings is 1. The number of nitrogens with one attached hydrogen (secondary N) is 1. The van der Waals surface area contributed by atoms with Gasteiger partial charge in [0.15, 0.2) is 0 Å². The maximum Gasteiger partial charge on any atom is 0.126 e. The Morgan fingerprint density at radius 1 is 1.26 bits per heavy atom. The summed E-state index contributed by atoms with van der Waals surface area (Å²) in [5.74, 6) is -0.109. The van der Waals surface area contributed by atoms with Crippen molar-refractivity contribution in [2.24, 2.45) is 0 Å². The fourth-order valence-corrected chi connectivity index (χ4v) is 2.30. The summed E-state index contributed by atoms with van der Waals surface area (Å²) in [6.07, 6.45) is 2.17. The lowest BCUT2D eigenvalue weighted by molar-refractivity contribution is 0.308. The first-order valence-electron chi connectivity index (χ1n) is 7.26. The quantitative estimate of drug-likeness (QED) is 0.774. The van der Waals surface area contributed by atoms with Crippen molar-refractivity contribution < 1.29 is 4.39 Å². The third-order valence-corrected chi connectivity index (χ3v) is 3.45. The van der Waals surface area contributed by atoms with Gasteiger partial charge in [-0.3, -0.25) is 0 Å². The van der Waals surface area contributed by atoms with Crippen LogP contribution in [0.15, 0.2) is 18.2 Å². The highest BCUT2D eigenvalue weighted by atomic mass is 19.1. The highest BCUT2D eigenvalue weighted by Crippen LogP contribution is 2.20. The molecule has 0 fully saturated rings. The van der Waals surface area contributed by atoms with E-state index in [0.717, 1.165) is 31.6 Å². The average Bonchev–Trinajstić information content (AvgIpc) is 2.38. The Bertz CT molecular complexity index is 379. The monoisotopic (exact) mass is 266 g/mol. The molecule has 0 aliphatic heterocycles. The molecule has 0 aliphatic carbocycles. The molecule has 0 spiro atoms. The molecule has 1 atom stereocenters. The van der Waals surface area contributed by atoms with Gasteiger partial charge < -0.3 is 10.2 Å². The van der Waals surface area contributed by atoms with Gasteiger partial charge in [-0.1, -0.05) is 26.0 Å². The van der Waals surface area contributed by atoms with Crippen molar-refractivity contribution >= 4 is 0 Å². The van der Waals surface area contributed by atoms with Crippen LogP contribution in [0.2, 0.25) is 0 Å². The smallest absolute Gasteiger partial charge is 0.126 e. The SMILES string of the molecule is CCCN(C)CCC(NCC)c1ccc(C)c(F)c1. The van der Waals surface area contributed by atoms with E-state index >= 15 is 0 Å². The van der Waals surface area contributed by atoms with Gasteiger partial charge in [-0.2, -0.15) is 0 Å². The minimum Gasteiger partial charge on any atom is -0.310 e. The van der Waals surface area contributed by atoms with Crippen molar-refractivity contribution in [3.63, 3.8) is 0 Å². The average molecular weight is 266 g/mol. The van der Waals surface area contributed by atoms with Crippen LogP contribution < -0.4 is 5.32 Å². The Morgan fingerprint density at radius 3 is 2.58 bits per heavy atom. The number of aryl methyl sites for hydroxylation is 1. The summed E-state index contributed by atoms with van der Waals surface area (Å²) in [5, 5.41) is 3.45. The maximum atomic E-state index is 13.7. The molecule has 0 heterocycles. The molecule has 3 heteroatoms. The van der Waals surface area contributed by atoms with Crippen LogP contribution in [0.4, 0.5) is 4.39 Å². The van der Waals surface area contributed by atoms with Gasteiger partial charge in [-0.15, -0.1) is 0 Å². The molecule has 2 nitrogen and oxygen atoms in total. The number of rotatable bonds is 8. The van der Waals surface area contributed by atoms with Crippen molar-refractivity contribution in [1.82, 2.24) is 10.2 Å². The zero-order valence-electron chi connectivity index (χ0n) is 12.7. The second-order valence-corrected chi connectivity index (χ2v) is 5.21. The summed E-state index contributed by atoms with van der Waals surface area (Å²) >= 11 is 0. The molecule has 19 heavy (non-hydrogen) atoms. The van der Waals surface area contributed by atoms with E-state index in [1.165, 1.54) is 6.42 Å². The third kappa shape index (κ3) is 5.29. The Labute approximate surface area is 117 Å². The van der Waals surface area contributed by atoms with Gasteiger partial charge in [0.25, 0.3) is 0 Å². The van der Waals surface area contributed by atoms with Gasteiger partial charge in [-0.05, 0) is 63.6 Å². The molecular weight excluding hydrogens is 239 g/mol. The molecule has 0 aromatic heterocycles. The van der Waals surface area contributed by atoms with Crippen molar-refractivity contribution in [1.29, 1.82) is 0 Å². The molecule has 1 N–H and O–H groups in total. The van der Waals surface area contributed by atoms with Crippen LogP contribution in [-0.4, -0.2) is 31.6 Å². The number of halogens is 1. The summed E-state index contributed by atoms with van der Waals surface area (Å²) in [5.41, 5.74) is 1.76. The Balaban J connectivity index is 2.67. The Hall–Kier alpha value is -0.930. The number of nitrogens with zero attached hydrogens (tertiary/aromatic N) is 1. The molecule has 1 unspecified atom stereocenters. The molecule has 0 saturated carbocycles. The van der Waals surface area contributed by atoms with Crippen LogP contribution in [-0.2, 0) is 0 Å². The summed E-state index contributed by atoms with van der Waals surface area (Å²) in [6.45, 7) is 9.12. The van der Waals surface area contributed by atoms with E-state index in [0.29, 0.717) is 5.56 Å². The molecule has 108 valence electrons. The first-order valence-corrected chi connectivity index (χ1v) is 7.26. The topological polar surface area (TPSA) is 15.3 Å².